The van der Waals surface area contributed by atoms with Gasteiger partial charge < -0.3 is 21.4 Å². The van der Waals surface area contributed by atoms with Crippen molar-refractivity contribution in [2.75, 3.05) is 23.7 Å². The number of anilines is 2. The molecule has 0 aliphatic carbocycles. The fourth-order valence-corrected chi connectivity index (χ4v) is 1.59. The van der Waals surface area contributed by atoms with E-state index in [1.807, 2.05) is 6.92 Å². The third-order valence-electron chi connectivity index (χ3n) is 2.31. The van der Waals surface area contributed by atoms with Crippen molar-refractivity contribution in [2.45, 2.75) is 6.92 Å². The molecule has 90 valence electrons. The van der Waals surface area contributed by atoms with Crippen LogP contribution in [0.1, 0.15) is 6.92 Å². The smallest absolute Gasteiger partial charge is 0.236 e. The number of nitrogen functional groups attached to an aromatic ring is 1. The summed E-state index contributed by atoms with van der Waals surface area (Å²) >= 11 is 0. The predicted octanol–water partition coefficient (Wildman–Crippen LogP) is -0.753. The Labute approximate surface area is 97.0 Å². The molecular formula is C9H13N7O. The van der Waals surface area contributed by atoms with Crippen molar-refractivity contribution in [1.29, 1.82) is 0 Å². The maximum atomic E-state index is 11.0. The summed E-state index contributed by atoms with van der Waals surface area (Å²) in [5.41, 5.74) is 11.9. The van der Waals surface area contributed by atoms with Crippen molar-refractivity contribution in [3.63, 3.8) is 0 Å². The van der Waals surface area contributed by atoms with Crippen molar-refractivity contribution in [3.8, 4) is 0 Å². The van der Waals surface area contributed by atoms with Crippen molar-refractivity contribution < 1.29 is 4.79 Å². The number of likely N-dealkylation sites (N-methyl/N-ethyl adjacent to an activating group) is 1. The summed E-state index contributed by atoms with van der Waals surface area (Å²) in [6.07, 6.45) is 1.50. The second-order valence-corrected chi connectivity index (χ2v) is 3.49. The van der Waals surface area contributed by atoms with Gasteiger partial charge in [0.2, 0.25) is 11.9 Å². The van der Waals surface area contributed by atoms with Crippen LogP contribution >= 0.6 is 0 Å². The molecule has 1 amide bonds. The van der Waals surface area contributed by atoms with E-state index in [1.165, 1.54) is 6.33 Å². The van der Waals surface area contributed by atoms with Crippen LogP contribution in [-0.4, -0.2) is 38.9 Å². The van der Waals surface area contributed by atoms with Gasteiger partial charge >= 0.3 is 0 Å². The fourth-order valence-electron chi connectivity index (χ4n) is 1.59. The largest absolute Gasteiger partial charge is 0.368 e. The molecule has 0 aromatic carbocycles. The number of nitrogens with one attached hydrogen (secondary N) is 1. The van der Waals surface area contributed by atoms with Crippen LogP contribution in [0.2, 0.25) is 0 Å². The Morgan fingerprint density at radius 2 is 2.29 bits per heavy atom. The van der Waals surface area contributed by atoms with Gasteiger partial charge in [-0.25, -0.2) is 4.98 Å². The summed E-state index contributed by atoms with van der Waals surface area (Å²) in [4.78, 5) is 27.7. The molecule has 0 unspecified atom stereocenters. The number of aromatic amines is 1. The second kappa shape index (κ2) is 4.24. The highest BCUT2D eigenvalue weighted by molar-refractivity contribution is 5.87. The summed E-state index contributed by atoms with van der Waals surface area (Å²) in [7, 11) is 0. The molecule has 0 atom stereocenters. The summed E-state index contributed by atoms with van der Waals surface area (Å²) in [5.74, 6) is 0.213. The lowest BCUT2D eigenvalue weighted by Gasteiger charge is -2.20. The van der Waals surface area contributed by atoms with E-state index >= 15 is 0 Å². The lowest BCUT2D eigenvalue weighted by molar-refractivity contribution is -0.116. The first-order chi connectivity index (χ1) is 8.11. The zero-order chi connectivity index (χ0) is 12.4. The Bertz CT molecular complexity index is 549. The van der Waals surface area contributed by atoms with Crippen molar-refractivity contribution in [2.24, 2.45) is 5.73 Å². The van der Waals surface area contributed by atoms with Crippen LogP contribution in [0.4, 0.5) is 11.8 Å². The average Bonchev–Trinajstić information content (AvgIpc) is 2.72. The molecule has 0 saturated heterocycles. The molecule has 0 bridgehead atoms. The second-order valence-electron chi connectivity index (χ2n) is 3.49. The Balaban J connectivity index is 2.51. The molecule has 0 fully saturated rings. The van der Waals surface area contributed by atoms with Gasteiger partial charge in [-0.3, -0.25) is 4.79 Å². The molecule has 2 aromatic rings. The normalized spacial score (nSPS) is 10.6. The molecule has 2 aromatic heterocycles. The minimum Gasteiger partial charge on any atom is -0.368 e. The number of H-pyrrole nitrogens is 1. The van der Waals surface area contributed by atoms with Crippen molar-refractivity contribution in [3.05, 3.63) is 6.33 Å². The molecule has 5 N–H and O–H groups in total. The molecule has 0 aliphatic rings. The number of nitrogens with two attached hydrogens (primary N) is 2. The van der Waals surface area contributed by atoms with E-state index in [2.05, 4.69) is 19.9 Å². The van der Waals surface area contributed by atoms with E-state index in [0.717, 1.165) is 0 Å². The zero-order valence-electron chi connectivity index (χ0n) is 9.34. The first-order valence-electron chi connectivity index (χ1n) is 5.11. The number of hydrogen-bond donors (Lipinski definition) is 3. The van der Waals surface area contributed by atoms with Crippen LogP contribution in [0.3, 0.4) is 0 Å². The lowest BCUT2D eigenvalue weighted by Crippen LogP contribution is -2.34. The van der Waals surface area contributed by atoms with Gasteiger partial charge in [-0.15, -0.1) is 0 Å². The van der Waals surface area contributed by atoms with Crippen LogP contribution < -0.4 is 16.4 Å². The van der Waals surface area contributed by atoms with Gasteiger partial charge in [0, 0.05) is 6.54 Å². The van der Waals surface area contributed by atoms with Gasteiger partial charge in [0.1, 0.15) is 5.52 Å². The molecule has 2 heterocycles. The third-order valence-corrected chi connectivity index (χ3v) is 2.31. The molecule has 2 rings (SSSR count). The van der Waals surface area contributed by atoms with Gasteiger partial charge in [-0.05, 0) is 6.92 Å². The summed E-state index contributed by atoms with van der Waals surface area (Å²) in [5, 5.41) is 0. The van der Waals surface area contributed by atoms with Gasteiger partial charge in [0.25, 0.3) is 0 Å². The molecule has 0 saturated carbocycles. The third kappa shape index (κ3) is 2.10. The molecule has 0 aliphatic heterocycles. The molecule has 0 spiro atoms. The van der Waals surface area contributed by atoms with Crippen LogP contribution in [0, 0.1) is 0 Å². The van der Waals surface area contributed by atoms with E-state index in [-0.39, 0.29) is 12.5 Å². The first-order valence-corrected chi connectivity index (χ1v) is 5.11. The fraction of sp³-hybridized carbons (Fsp3) is 0.333. The molecule has 8 nitrogen and oxygen atoms in total. The van der Waals surface area contributed by atoms with Gasteiger partial charge in [-0.1, -0.05) is 0 Å². The van der Waals surface area contributed by atoms with Crippen LogP contribution in [0.25, 0.3) is 11.2 Å². The SMILES string of the molecule is CCN(CC(N)=O)c1nc(N)nc2nc[nH]c12. The minimum atomic E-state index is -0.434. The molecule has 8 heteroatoms. The van der Waals surface area contributed by atoms with Crippen molar-refractivity contribution >= 4 is 28.8 Å². The lowest BCUT2D eigenvalue weighted by atomic mass is 10.4. The monoisotopic (exact) mass is 235 g/mol. The maximum Gasteiger partial charge on any atom is 0.236 e. The highest BCUT2D eigenvalue weighted by Crippen LogP contribution is 2.21. The Hall–Kier alpha value is -2.38. The predicted molar refractivity (Wildman–Crippen MR) is 63.2 cm³/mol. The summed E-state index contributed by atoms with van der Waals surface area (Å²) < 4.78 is 0. The number of imidazole rings is 1. The molecular weight excluding hydrogens is 222 g/mol. The maximum absolute atomic E-state index is 11.0. The number of rotatable bonds is 4. The number of fused-ring (bicyclic) bond motifs is 1. The van der Waals surface area contributed by atoms with E-state index in [1.54, 1.807) is 4.90 Å². The number of primary amides is 1. The number of carbonyl (C=O) groups excluding carboxylic acids is 1. The molecule has 0 radical (unpaired) electrons. The van der Waals surface area contributed by atoms with E-state index in [9.17, 15) is 4.79 Å². The molecule has 17 heavy (non-hydrogen) atoms. The summed E-state index contributed by atoms with van der Waals surface area (Å²) in [6.45, 7) is 2.54. The number of amides is 1. The number of nitrogens with zero attached hydrogens (tertiary/aromatic N) is 4. The summed E-state index contributed by atoms with van der Waals surface area (Å²) in [6, 6.07) is 0. The standard InChI is InChI=1S/C9H13N7O/c1-2-16(3-5(10)17)8-6-7(13-4-12-6)14-9(11)15-8/h4H,2-3H2,1H3,(H2,10,17)(H3,11,12,13,14,15). The topological polar surface area (TPSA) is 127 Å². The van der Waals surface area contributed by atoms with Gasteiger partial charge in [-0.2, -0.15) is 9.97 Å². The Morgan fingerprint density at radius 3 is 2.94 bits per heavy atom. The Morgan fingerprint density at radius 1 is 1.53 bits per heavy atom. The van der Waals surface area contributed by atoms with E-state index in [4.69, 9.17) is 11.5 Å². The first kappa shape index (κ1) is 11.1. The van der Waals surface area contributed by atoms with E-state index in [0.29, 0.717) is 23.5 Å². The Kier molecular flexibility index (Phi) is 2.77. The number of hydrogen-bond acceptors (Lipinski definition) is 6. The number of aromatic nitrogens is 4. The van der Waals surface area contributed by atoms with Crippen LogP contribution in [0.15, 0.2) is 6.33 Å². The van der Waals surface area contributed by atoms with E-state index < -0.39 is 5.91 Å². The van der Waals surface area contributed by atoms with Crippen LogP contribution in [0.5, 0.6) is 0 Å². The highest BCUT2D eigenvalue weighted by atomic mass is 16.1. The van der Waals surface area contributed by atoms with Gasteiger partial charge in [0.15, 0.2) is 11.5 Å². The zero-order valence-corrected chi connectivity index (χ0v) is 9.34. The van der Waals surface area contributed by atoms with Crippen molar-refractivity contribution in [1.82, 2.24) is 19.9 Å². The average molecular weight is 235 g/mol. The quantitative estimate of drug-likeness (QED) is 0.639. The number of carbonyl (C=O) groups is 1. The highest BCUT2D eigenvalue weighted by Gasteiger charge is 2.15. The minimum absolute atomic E-state index is 0.0705. The van der Waals surface area contributed by atoms with Gasteiger partial charge in [0.05, 0.1) is 12.9 Å². The van der Waals surface area contributed by atoms with Crippen LogP contribution in [-0.2, 0) is 4.79 Å².